The molecule has 2 amide bonds. The fourth-order valence-corrected chi connectivity index (χ4v) is 4.26. The number of anilines is 1. The minimum atomic E-state index is -0.279. The number of carbonyl (C=O) groups excluding carboxylic acids is 2. The van der Waals surface area contributed by atoms with E-state index in [1.165, 1.54) is 6.08 Å². The van der Waals surface area contributed by atoms with Crippen molar-refractivity contribution < 1.29 is 18.7 Å². The van der Waals surface area contributed by atoms with Gasteiger partial charge in [0.15, 0.2) is 5.58 Å². The third-order valence-electron chi connectivity index (χ3n) is 5.93. The first-order valence-corrected chi connectivity index (χ1v) is 12.1. The molecule has 11 heteroatoms. The Bertz CT molecular complexity index is 1420. The van der Waals surface area contributed by atoms with Crippen LogP contribution in [0.15, 0.2) is 63.8 Å². The first-order valence-electron chi connectivity index (χ1n) is 11.7. The van der Waals surface area contributed by atoms with Crippen LogP contribution in [0.25, 0.3) is 17.0 Å². The molecule has 1 aromatic carbocycles. The van der Waals surface area contributed by atoms with Gasteiger partial charge in [-0.3, -0.25) is 14.6 Å². The molecule has 37 heavy (non-hydrogen) atoms. The molecule has 3 aromatic rings. The van der Waals surface area contributed by atoms with Gasteiger partial charge < -0.3 is 30.4 Å². The summed E-state index contributed by atoms with van der Waals surface area (Å²) in [5.74, 6) is 1.27. The summed E-state index contributed by atoms with van der Waals surface area (Å²) in [6.07, 6.45) is 6.35. The zero-order chi connectivity index (χ0) is 25.8. The van der Waals surface area contributed by atoms with Crippen molar-refractivity contribution >= 4 is 52.1 Å². The van der Waals surface area contributed by atoms with E-state index in [1.54, 1.807) is 41.6 Å². The molecule has 0 spiro atoms. The van der Waals surface area contributed by atoms with E-state index in [9.17, 15) is 9.59 Å². The average molecular weight is 521 g/mol. The molecule has 4 N–H and O–H groups in total. The van der Waals surface area contributed by atoms with Gasteiger partial charge in [0, 0.05) is 42.5 Å². The maximum Gasteiger partial charge on any atom is 0.253 e. The molecule has 0 atom stereocenters. The van der Waals surface area contributed by atoms with Gasteiger partial charge >= 0.3 is 0 Å². The summed E-state index contributed by atoms with van der Waals surface area (Å²) in [6.45, 7) is 2.73. The molecule has 4 heterocycles. The van der Waals surface area contributed by atoms with Gasteiger partial charge in [0.2, 0.25) is 5.91 Å². The maximum absolute atomic E-state index is 12.7. The number of benzene rings is 1. The van der Waals surface area contributed by atoms with E-state index >= 15 is 0 Å². The Morgan fingerprint density at radius 3 is 2.78 bits per heavy atom. The van der Waals surface area contributed by atoms with Gasteiger partial charge in [-0.2, -0.15) is 0 Å². The van der Waals surface area contributed by atoms with Crippen molar-refractivity contribution in [2.45, 2.75) is 6.54 Å². The minimum Gasteiger partial charge on any atom is -0.458 e. The van der Waals surface area contributed by atoms with Crippen molar-refractivity contribution in [3.63, 3.8) is 0 Å². The molecule has 0 saturated carbocycles. The first-order chi connectivity index (χ1) is 18.0. The fraction of sp³-hybridized carbons (Fsp3) is 0.231. The minimum absolute atomic E-state index is 0.0337. The first kappa shape index (κ1) is 24.5. The van der Waals surface area contributed by atoms with Crippen molar-refractivity contribution in [2.75, 3.05) is 38.6 Å². The molecule has 2 aliphatic rings. The lowest BCUT2D eigenvalue weighted by Crippen LogP contribution is -2.42. The van der Waals surface area contributed by atoms with Gasteiger partial charge in [-0.25, -0.2) is 4.98 Å². The number of hydrogen-bond acceptors (Lipinski definition) is 8. The fourth-order valence-electron chi connectivity index (χ4n) is 3.99. The van der Waals surface area contributed by atoms with Gasteiger partial charge in [0.1, 0.15) is 17.4 Å². The number of furan rings is 1. The van der Waals surface area contributed by atoms with Crippen LogP contribution >= 0.6 is 11.6 Å². The number of aromatic nitrogens is 1. The van der Waals surface area contributed by atoms with Crippen LogP contribution < -0.4 is 16.4 Å². The third kappa shape index (κ3) is 5.82. The van der Waals surface area contributed by atoms with E-state index in [0.717, 1.165) is 16.5 Å². The monoisotopic (exact) mass is 520 g/mol. The predicted molar refractivity (Wildman–Crippen MR) is 141 cm³/mol. The summed E-state index contributed by atoms with van der Waals surface area (Å²) in [5.41, 5.74) is 8.22. The van der Waals surface area contributed by atoms with Gasteiger partial charge in [0.05, 0.1) is 36.9 Å². The molecule has 1 saturated heterocycles. The zero-order valence-corrected chi connectivity index (χ0v) is 20.6. The Labute approximate surface area is 217 Å². The molecule has 1 fully saturated rings. The number of nitrogens with zero attached hydrogens (tertiary/aromatic N) is 3. The number of nitrogens with one attached hydrogen (secondary N) is 2. The highest BCUT2D eigenvalue weighted by atomic mass is 35.5. The van der Waals surface area contributed by atoms with Crippen molar-refractivity contribution in [2.24, 2.45) is 4.99 Å². The van der Waals surface area contributed by atoms with Crippen LogP contribution in [0.5, 0.6) is 0 Å². The number of halogens is 1. The molecule has 190 valence electrons. The molecule has 2 aliphatic heterocycles. The maximum atomic E-state index is 12.7. The second-order valence-electron chi connectivity index (χ2n) is 8.54. The number of morpholine rings is 1. The number of aliphatic imine (C=N–C) groups is 1. The van der Waals surface area contributed by atoms with Crippen LogP contribution in [-0.2, 0) is 20.9 Å². The van der Waals surface area contributed by atoms with Crippen molar-refractivity contribution in [1.29, 1.82) is 0 Å². The molecule has 0 aliphatic carbocycles. The molecule has 5 rings (SSSR count). The number of carbonyl (C=O) groups is 2. The summed E-state index contributed by atoms with van der Waals surface area (Å²) in [5, 5.41) is 7.10. The molecular formula is C26H25ClN6O4. The lowest BCUT2D eigenvalue weighted by atomic mass is 10.1. The van der Waals surface area contributed by atoms with Crippen LogP contribution in [-0.4, -0.2) is 60.4 Å². The van der Waals surface area contributed by atoms with Gasteiger partial charge in [-0.1, -0.05) is 11.6 Å². The Balaban J connectivity index is 1.22. The highest BCUT2D eigenvalue weighted by Crippen LogP contribution is 2.29. The summed E-state index contributed by atoms with van der Waals surface area (Å²) in [7, 11) is 0. The van der Waals surface area contributed by atoms with Crippen molar-refractivity contribution in [1.82, 2.24) is 20.5 Å². The molecule has 2 aromatic heterocycles. The summed E-state index contributed by atoms with van der Waals surface area (Å²) in [6, 6.07) is 8.92. The van der Waals surface area contributed by atoms with Gasteiger partial charge in [-0.15, -0.1) is 0 Å². The second kappa shape index (κ2) is 10.9. The Morgan fingerprint density at radius 1 is 1.22 bits per heavy atom. The van der Waals surface area contributed by atoms with E-state index < -0.39 is 0 Å². The van der Waals surface area contributed by atoms with E-state index in [2.05, 4.69) is 20.6 Å². The standard InChI is InChI=1S/C26H25ClN6O4/c27-21-11-18(25-31-13-19(14-32-25)26(35)33-5-7-36-8-6-33)9-17-10-20(37-24(17)21)15-30-23(34)4-2-16-1-3-22(28)29-12-16/h1-4,9-13H,5-8,14-15H2,(H2,28,29)(H,30,34)(H,31,32). The van der Waals surface area contributed by atoms with Crippen LogP contribution in [0.4, 0.5) is 5.82 Å². The highest BCUT2D eigenvalue weighted by molar-refractivity contribution is 6.35. The molecule has 0 unspecified atom stereocenters. The number of rotatable bonds is 6. The molecule has 10 nitrogen and oxygen atoms in total. The van der Waals surface area contributed by atoms with Gasteiger partial charge in [-0.05, 0) is 42.0 Å². The van der Waals surface area contributed by atoms with E-state index in [-0.39, 0.29) is 24.9 Å². The predicted octanol–water partition coefficient (Wildman–Crippen LogP) is 2.49. The summed E-state index contributed by atoms with van der Waals surface area (Å²) < 4.78 is 11.2. The SMILES string of the molecule is Nc1ccc(C=CC(=O)NCc2cc3cc(C4=NCC(C(=O)N5CCOCC5)=CN4)cc(Cl)c3o2)cn1. The Morgan fingerprint density at radius 2 is 2.05 bits per heavy atom. The Kier molecular flexibility index (Phi) is 7.20. The van der Waals surface area contributed by atoms with E-state index in [1.807, 2.05) is 12.1 Å². The van der Waals surface area contributed by atoms with E-state index in [0.29, 0.717) is 59.9 Å². The number of ether oxygens (including phenoxy) is 1. The van der Waals surface area contributed by atoms with Crippen LogP contribution in [0.3, 0.4) is 0 Å². The van der Waals surface area contributed by atoms with Crippen LogP contribution in [0.2, 0.25) is 5.02 Å². The summed E-state index contributed by atoms with van der Waals surface area (Å²) in [4.78, 5) is 35.2. The topological polar surface area (TPSA) is 135 Å². The third-order valence-corrected chi connectivity index (χ3v) is 6.21. The smallest absolute Gasteiger partial charge is 0.253 e. The number of fused-ring (bicyclic) bond motifs is 1. The van der Waals surface area contributed by atoms with Crippen molar-refractivity contribution in [3.05, 3.63) is 76.3 Å². The number of amides is 2. The molecule has 0 radical (unpaired) electrons. The number of hydrogen-bond donors (Lipinski definition) is 3. The number of nitrogens with two attached hydrogens (primary N) is 1. The number of nitrogen functional groups attached to an aromatic ring is 1. The quantitative estimate of drug-likeness (QED) is 0.425. The highest BCUT2D eigenvalue weighted by Gasteiger charge is 2.23. The normalized spacial score (nSPS) is 15.9. The van der Waals surface area contributed by atoms with Gasteiger partial charge in [0.25, 0.3) is 5.91 Å². The van der Waals surface area contributed by atoms with Crippen LogP contribution in [0, 0.1) is 0 Å². The lowest BCUT2D eigenvalue weighted by molar-refractivity contribution is -0.131. The number of amidine groups is 1. The molecular weight excluding hydrogens is 496 g/mol. The Hall–Kier alpha value is -4.15. The van der Waals surface area contributed by atoms with Crippen LogP contribution in [0.1, 0.15) is 16.9 Å². The van der Waals surface area contributed by atoms with Crippen molar-refractivity contribution in [3.8, 4) is 0 Å². The molecule has 0 bridgehead atoms. The number of pyridine rings is 1. The largest absolute Gasteiger partial charge is 0.458 e. The lowest BCUT2D eigenvalue weighted by Gasteiger charge is -2.28. The zero-order valence-electron chi connectivity index (χ0n) is 19.9. The van der Waals surface area contributed by atoms with E-state index in [4.69, 9.17) is 26.5 Å². The second-order valence-corrected chi connectivity index (χ2v) is 8.95. The average Bonchev–Trinajstić information content (AvgIpc) is 3.35. The summed E-state index contributed by atoms with van der Waals surface area (Å²) >= 11 is 6.49.